The molecule has 0 aliphatic carbocycles. The molecular weight excluding hydrogens is 395 g/mol. The van der Waals surface area contributed by atoms with Crippen molar-refractivity contribution in [2.24, 2.45) is 0 Å². The average Bonchev–Trinajstić information content (AvgIpc) is 2.77. The lowest BCUT2D eigenvalue weighted by molar-refractivity contribution is 0.262. The Morgan fingerprint density at radius 3 is 2.10 bits per heavy atom. The van der Waals surface area contributed by atoms with Crippen LogP contribution in [-0.4, -0.2) is 29.1 Å². The smallest absolute Gasteiger partial charge is 0.323 e. The average molecular weight is 420 g/mol. The van der Waals surface area contributed by atoms with E-state index >= 15 is 0 Å². The van der Waals surface area contributed by atoms with Gasteiger partial charge in [-0.3, -0.25) is 0 Å². The van der Waals surface area contributed by atoms with E-state index in [0.29, 0.717) is 17.3 Å². The van der Waals surface area contributed by atoms with Gasteiger partial charge < -0.3 is 20.9 Å². The van der Waals surface area contributed by atoms with Crippen molar-refractivity contribution in [2.45, 2.75) is 26.2 Å². The molecule has 3 N–H and O–H groups in total. The van der Waals surface area contributed by atoms with Gasteiger partial charge in [-0.2, -0.15) is 4.98 Å². The summed E-state index contributed by atoms with van der Waals surface area (Å²) in [7, 11) is 0. The molecule has 0 spiro atoms. The van der Waals surface area contributed by atoms with Crippen LogP contribution in [0.25, 0.3) is 0 Å². The number of hydrogen-bond acceptors (Lipinski definition) is 5. The Balaban J connectivity index is 1.37. The van der Waals surface area contributed by atoms with E-state index in [1.54, 1.807) is 12.1 Å². The fourth-order valence-corrected chi connectivity index (χ4v) is 3.49. The SMILES string of the molecule is Cc1cc(N2CCCCC2)nc(Nc2ccc(NC(=O)Nc3ccc(F)cc3)cc2)n1. The van der Waals surface area contributed by atoms with Crippen LogP contribution >= 0.6 is 0 Å². The van der Waals surface area contributed by atoms with Crippen LogP contribution in [0.2, 0.25) is 0 Å². The van der Waals surface area contributed by atoms with E-state index in [0.717, 1.165) is 30.3 Å². The van der Waals surface area contributed by atoms with Crippen LogP contribution in [0.3, 0.4) is 0 Å². The first-order valence-electron chi connectivity index (χ1n) is 10.4. The van der Waals surface area contributed by atoms with Crippen molar-refractivity contribution in [3.05, 3.63) is 66.1 Å². The Hall–Kier alpha value is -3.68. The third-order valence-electron chi connectivity index (χ3n) is 5.02. The molecular formula is C23H25FN6O. The highest BCUT2D eigenvalue weighted by Gasteiger charge is 2.14. The molecule has 160 valence electrons. The largest absolute Gasteiger partial charge is 0.356 e. The van der Waals surface area contributed by atoms with Crippen LogP contribution in [0.1, 0.15) is 25.0 Å². The lowest BCUT2D eigenvalue weighted by Gasteiger charge is -2.28. The van der Waals surface area contributed by atoms with Gasteiger partial charge in [0.1, 0.15) is 11.6 Å². The molecule has 2 heterocycles. The fraction of sp³-hybridized carbons (Fsp3) is 0.261. The number of amides is 2. The maximum atomic E-state index is 13.0. The van der Waals surface area contributed by atoms with Gasteiger partial charge in [0, 0.05) is 41.9 Å². The van der Waals surface area contributed by atoms with E-state index < -0.39 is 6.03 Å². The topological polar surface area (TPSA) is 82.2 Å². The molecule has 0 radical (unpaired) electrons. The molecule has 2 amide bonds. The second-order valence-electron chi connectivity index (χ2n) is 7.53. The van der Waals surface area contributed by atoms with Gasteiger partial charge in [-0.1, -0.05) is 0 Å². The third-order valence-corrected chi connectivity index (χ3v) is 5.02. The molecule has 0 unspecified atom stereocenters. The molecule has 8 heteroatoms. The number of benzene rings is 2. The highest BCUT2D eigenvalue weighted by molar-refractivity contribution is 5.99. The lowest BCUT2D eigenvalue weighted by atomic mass is 10.1. The number of urea groups is 1. The number of rotatable bonds is 5. The van der Waals surface area contributed by atoms with E-state index in [4.69, 9.17) is 0 Å². The monoisotopic (exact) mass is 420 g/mol. The number of aromatic nitrogens is 2. The number of halogens is 1. The van der Waals surface area contributed by atoms with Crippen LogP contribution in [0.4, 0.5) is 38.0 Å². The predicted octanol–water partition coefficient (Wildman–Crippen LogP) is 5.30. The molecule has 1 aliphatic rings. The second-order valence-corrected chi connectivity index (χ2v) is 7.53. The Morgan fingerprint density at radius 2 is 1.45 bits per heavy atom. The molecule has 1 aromatic heterocycles. The molecule has 0 bridgehead atoms. The Kier molecular flexibility index (Phi) is 6.26. The minimum absolute atomic E-state index is 0.352. The molecule has 0 saturated carbocycles. The number of aryl methyl sites for hydroxylation is 1. The summed E-state index contributed by atoms with van der Waals surface area (Å²) in [5, 5.41) is 8.64. The summed E-state index contributed by atoms with van der Waals surface area (Å²) >= 11 is 0. The zero-order valence-electron chi connectivity index (χ0n) is 17.4. The van der Waals surface area contributed by atoms with Gasteiger partial charge in [0.2, 0.25) is 5.95 Å². The molecule has 7 nitrogen and oxygen atoms in total. The first-order valence-corrected chi connectivity index (χ1v) is 10.4. The van der Waals surface area contributed by atoms with E-state index in [9.17, 15) is 9.18 Å². The van der Waals surface area contributed by atoms with Gasteiger partial charge in [0.15, 0.2) is 0 Å². The molecule has 31 heavy (non-hydrogen) atoms. The number of anilines is 5. The van der Waals surface area contributed by atoms with Crippen molar-refractivity contribution in [2.75, 3.05) is 33.9 Å². The quantitative estimate of drug-likeness (QED) is 0.522. The molecule has 4 rings (SSSR count). The molecule has 2 aromatic carbocycles. The molecule has 1 saturated heterocycles. The highest BCUT2D eigenvalue weighted by atomic mass is 19.1. The van der Waals surface area contributed by atoms with Crippen LogP contribution in [0.15, 0.2) is 54.6 Å². The van der Waals surface area contributed by atoms with Gasteiger partial charge in [0.25, 0.3) is 0 Å². The first kappa shape index (κ1) is 20.6. The van der Waals surface area contributed by atoms with Crippen molar-refractivity contribution in [1.29, 1.82) is 0 Å². The zero-order valence-corrected chi connectivity index (χ0v) is 17.4. The van der Waals surface area contributed by atoms with E-state index in [-0.39, 0.29) is 5.82 Å². The van der Waals surface area contributed by atoms with Gasteiger partial charge in [-0.05, 0) is 74.7 Å². The van der Waals surface area contributed by atoms with Gasteiger partial charge in [-0.15, -0.1) is 0 Å². The molecule has 0 atom stereocenters. The summed E-state index contributed by atoms with van der Waals surface area (Å²) in [6, 6.07) is 14.5. The number of nitrogens with one attached hydrogen (secondary N) is 3. The number of piperidine rings is 1. The lowest BCUT2D eigenvalue weighted by Crippen LogP contribution is -2.30. The van der Waals surface area contributed by atoms with Crippen molar-refractivity contribution in [1.82, 2.24) is 9.97 Å². The molecule has 1 aliphatic heterocycles. The summed E-state index contributed by atoms with van der Waals surface area (Å²) < 4.78 is 13.0. The van der Waals surface area contributed by atoms with Gasteiger partial charge >= 0.3 is 6.03 Å². The molecule has 3 aromatic rings. The zero-order chi connectivity index (χ0) is 21.6. The highest BCUT2D eigenvalue weighted by Crippen LogP contribution is 2.22. The summed E-state index contributed by atoms with van der Waals surface area (Å²) in [6.07, 6.45) is 3.65. The standard InChI is InChI=1S/C23H25FN6O/c1-16-15-21(30-13-3-2-4-14-30)29-22(25-16)26-18-9-11-20(12-10-18)28-23(31)27-19-7-5-17(24)6-8-19/h5-12,15H,2-4,13-14H2,1H3,(H,25,26,29)(H2,27,28,31). The summed E-state index contributed by atoms with van der Waals surface area (Å²) in [4.78, 5) is 23.6. The summed E-state index contributed by atoms with van der Waals surface area (Å²) in [5.74, 6) is 1.15. The van der Waals surface area contributed by atoms with Crippen molar-refractivity contribution < 1.29 is 9.18 Å². The van der Waals surface area contributed by atoms with Crippen molar-refractivity contribution in [3.8, 4) is 0 Å². The number of carbonyl (C=O) groups excluding carboxylic acids is 1. The van der Waals surface area contributed by atoms with E-state index in [1.807, 2.05) is 25.1 Å². The maximum Gasteiger partial charge on any atom is 0.323 e. The fourth-order valence-electron chi connectivity index (χ4n) is 3.49. The number of nitrogens with zero attached hydrogens (tertiary/aromatic N) is 3. The van der Waals surface area contributed by atoms with Crippen LogP contribution in [0.5, 0.6) is 0 Å². The third kappa shape index (κ3) is 5.69. The summed E-state index contributed by atoms with van der Waals surface area (Å²) in [5.41, 5.74) is 2.87. The Bertz CT molecular complexity index is 1030. The van der Waals surface area contributed by atoms with Gasteiger partial charge in [0.05, 0.1) is 0 Å². The van der Waals surface area contributed by atoms with Crippen LogP contribution < -0.4 is 20.9 Å². The van der Waals surface area contributed by atoms with E-state index in [1.165, 1.54) is 43.5 Å². The first-order chi connectivity index (χ1) is 15.0. The van der Waals surface area contributed by atoms with Crippen LogP contribution in [-0.2, 0) is 0 Å². The minimum Gasteiger partial charge on any atom is -0.356 e. The second kappa shape index (κ2) is 9.42. The normalized spacial score (nSPS) is 13.5. The van der Waals surface area contributed by atoms with E-state index in [2.05, 4.69) is 30.8 Å². The van der Waals surface area contributed by atoms with Crippen LogP contribution in [0, 0.1) is 12.7 Å². The number of carbonyl (C=O) groups is 1. The molecule has 1 fully saturated rings. The number of hydrogen-bond donors (Lipinski definition) is 3. The minimum atomic E-state index is -0.402. The Morgan fingerprint density at radius 1 is 0.871 bits per heavy atom. The van der Waals surface area contributed by atoms with Gasteiger partial charge in [-0.25, -0.2) is 14.2 Å². The maximum absolute atomic E-state index is 13.0. The van der Waals surface area contributed by atoms with Crippen molar-refractivity contribution >= 4 is 34.9 Å². The predicted molar refractivity (Wildman–Crippen MR) is 122 cm³/mol. The Labute approximate surface area is 180 Å². The van der Waals surface area contributed by atoms with Crippen molar-refractivity contribution in [3.63, 3.8) is 0 Å². The summed E-state index contributed by atoms with van der Waals surface area (Å²) in [6.45, 7) is 4.01.